The summed E-state index contributed by atoms with van der Waals surface area (Å²) in [6, 6.07) is 0. The minimum atomic E-state index is 1.02. The third-order valence-corrected chi connectivity index (χ3v) is 10.2. The van der Waals surface area contributed by atoms with Crippen LogP contribution < -0.4 is 0 Å². The molecule has 1 aliphatic heterocycles. The van der Waals surface area contributed by atoms with Gasteiger partial charge in [0.1, 0.15) is 6.28 Å². The summed E-state index contributed by atoms with van der Waals surface area (Å²) < 4.78 is 7.44. The highest BCUT2D eigenvalue weighted by molar-refractivity contribution is 8.10. The summed E-state index contributed by atoms with van der Waals surface area (Å²) >= 11 is 20.9. The molecule has 2 aromatic rings. The van der Waals surface area contributed by atoms with Crippen molar-refractivity contribution in [3.63, 3.8) is 0 Å². The Morgan fingerprint density at radius 3 is 1.14 bits per heavy atom. The summed E-state index contributed by atoms with van der Waals surface area (Å²) in [6.07, 6.45) is 0. The summed E-state index contributed by atoms with van der Waals surface area (Å²) in [6.45, 7) is 0. The topological polar surface area (TPSA) is 0 Å². The zero-order chi connectivity index (χ0) is 9.71. The average Bonchev–Trinajstić information content (AvgIpc) is 2.59. The molecule has 72 valence electrons. The fourth-order valence-electron chi connectivity index (χ4n) is 0.929. The van der Waals surface area contributed by atoms with E-state index < -0.39 is 0 Å². The van der Waals surface area contributed by atoms with Crippen molar-refractivity contribution in [1.82, 2.24) is 0 Å². The zero-order valence-electron chi connectivity index (χ0n) is 6.27. The van der Waals surface area contributed by atoms with Crippen molar-refractivity contribution >= 4 is 93.3 Å². The maximum atomic E-state index is 5.19. The molecule has 0 aromatic carbocycles. The summed E-state index contributed by atoms with van der Waals surface area (Å²) in [5.41, 5.74) is 0. The monoisotopic (exact) mass is 328 g/mol. The van der Waals surface area contributed by atoms with Crippen LogP contribution >= 0.6 is 93.3 Å². The van der Waals surface area contributed by atoms with Crippen LogP contribution in [-0.2, 0) is 0 Å². The van der Waals surface area contributed by atoms with Crippen molar-refractivity contribution < 1.29 is 0 Å². The normalized spacial score (nSPS) is 13.7. The number of hydrogen-bond donors (Lipinski definition) is 0. The molecule has 0 amide bonds. The maximum Gasteiger partial charge on any atom is 0.145 e. The van der Waals surface area contributed by atoms with E-state index in [0.29, 0.717) is 0 Å². The standard InChI is InChI=1S/C6S8/c7-5-11-1-2(12-5)10-4-3(9-1)13-6(8)14-4. The Hall–Kier alpha value is 1.24. The molecule has 0 spiro atoms. The van der Waals surface area contributed by atoms with E-state index in [1.165, 1.54) is 16.8 Å². The fourth-order valence-corrected chi connectivity index (χ4v) is 11.1. The van der Waals surface area contributed by atoms with Gasteiger partial charge in [0.05, 0.1) is 16.8 Å². The SMILES string of the molecule is S=c1sc2c(s1)Sc1sc(=S)sc1S2. The minimum Gasteiger partial charge on any atom is -0.105 e. The molecule has 0 saturated heterocycles. The van der Waals surface area contributed by atoms with Crippen LogP contribution in [0, 0.1) is 6.28 Å². The summed E-state index contributed by atoms with van der Waals surface area (Å²) in [4.78, 5) is 0. The van der Waals surface area contributed by atoms with Gasteiger partial charge in [-0.25, -0.2) is 0 Å². The van der Waals surface area contributed by atoms with Crippen molar-refractivity contribution in [2.75, 3.05) is 0 Å². The number of hydrogen-bond acceptors (Lipinski definition) is 8. The van der Waals surface area contributed by atoms with Gasteiger partial charge in [0.2, 0.25) is 0 Å². The largest absolute Gasteiger partial charge is 0.145 e. The highest BCUT2D eigenvalue weighted by Crippen LogP contribution is 2.56. The first-order valence-corrected chi connectivity index (χ1v) is 9.07. The van der Waals surface area contributed by atoms with Crippen LogP contribution in [0.15, 0.2) is 16.8 Å². The Labute approximate surface area is 115 Å². The van der Waals surface area contributed by atoms with Crippen molar-refractivity contribution in [2.45, 2.75) is 16.8 Å². The molecule has 3 rings (SSSR count). The molecule has 0 unspecified atom stereocenters. The van der Waals surface area contributed by atoms with E-state index in [1.54, 1.807) is 45.3 Å². The molecule has 14 heavy (non-hydrogen) atoms. The van der Waals surface area contributed by atoms with Crippen LogP contribution in [0.3, 0.4) is 0 Å². The number of rotatable bonds is 0. The first kappa shape index (κ1) is 10.4. The Morgan fingerprint density at radius 2 is 0.857 bits per heavy atom. The summed E-state index contributed by atoms with van der Waals surface area (Å²) in [5, 5.41) is 0. The van der Waals surface area contributed by atoms with Gasteiger partial charge in [-0.05, 0) is 0 Å². The van der Waals surface area contributed by atoms with Crippen molar-refractivity contribution in [3.05, 3.63) is 6.28 Å². The molecule has 0 saturated carbocycles. The van der Waals surface area contributed by atoms with Crippen molar-refractivity contribution in [1.29, 1.82) is 0 Å². The second kappa shape index (κ2) is 3.92. The van der Waals surface area contributed by atoms with Gasteiger partial charge < -0.3 is 0 Å². The number of fused-ring (bicyclic) bond motifs is 2. The zero-order valence-corrected chi connectivity index (χ0v) is 12.8. The van der Waals surface area contributed by atoms with Crippen LogP contribution in [0.2, 0.25) is 0 Å². The molecule has 0 N–H and O–H groups in total. The third kappa shape index (κ3) is 1.80. The van der Waals surface area contributed by atoms with Gasteiger partial charge in [-0.1, -0.05) is 48.0 Å². The molecule has 2 aromatic heterocycles. The van der Waals surface area contributed by atoms with Gasteiger partial charge in [0, 0.05) is 0 Å². The molecular weight excluding hydrogens is 329 g/mol. The lowest BCUT2D eigenvalue weighted by Gasteiger charge is -2.06. The minimum absolute atomic E-state index is 1.02. The van der Waals surface area contributed by atoms with E-state index in [-0.39, 0.29) is 0 Å². The Bertz CT molecular complexity index is 493. The lowest BCUT2D eigenvalue weighted by Crippen LogP contribution is -1.74. The van der Waals surface area contributed by atoms with E-state index in [4.69, 9.17) is 24.4 Å². The van der Waals surface area contributed by atoms with Gasteiger partial charge >= 0.3 is 0 Å². The van der Waals surface area contributed by atoms with Crippen LogP contribution in [-0.4, -0.2) is 0 Å². The Balaban J connectivity index is 2.19. The second-order valence-electron chi connectivity index (χ2n) is 2.26. The van der Waals surface area contributed by atoms with Gasteiger partial charge in [0.15, 0.2) is 0 Å². The predicted octanol–water partition coefficient (Wildman–Crippen LogP) is 6.01. The molecular formula is C6S8. The van der Waals surface area contributed by atoms with E-state index in [9.17, 15) is 0 Å². The molecule has 0 bridgehead atoms. The first-order valence-electron chi connectivity index (χ1n) is 3.36. The summed E-state index contributed by atoms with van der Waals surface area (Å²) in [7, 11) is 0. The van der Waals surface area contributed by atoms with Crippen LogP contribution in [0.25, 0.3) is 0 Å². The van der Waals surface area contributed by atoms with E-state index in [2.05, 4.69) is 0 Å². The molecule has 0 aliphatic carbocycles. The lowest BCUT2D eigenvalue weighted by atomic mass is 11.1. The fraction of sp³-hybridized carbons (Fsp3) is 0. The van der Waals surface area contributed by atoms with Crippen LogP contribution in [0.4, 0.5) is 0 Å². The van der Waals surface area contributed by atoms with Gasteiger partial charge in [-0.3, -0.25) is 0 Å². The maximum absolute atomic E-state index is 5.19. The molecule has 8 heteroatoms. The molecule has 0 fully saturated rings. The van der Waals surface area contributed by atoms with Gasteiger partial charge in [-0.2, -0.15) is 0 Å². The van der Waals surface area contributed by atoms with E-state index in [0.717, 1.165) is 6.28 Å². The quantitative estimate of drug-likeness (QED) is 0.463. The smallest absolute Gasteiger partial charge is 0.105 e. The van der Waals surface area contributed by atoms with Gasteiger partial charge in [-0.15, -0.1) is 45.3 Å². The molecule has 3 heterocycles. The van der Waals surface area contributed by atoms with Crippen LogP contribution in [0.5, 0.6) is 0 Å². The van der Waals surface area contributed by atoms with E-state index in [1.807, 2.05) is 23.5 Å². The van der Waals surface area contributed by atoms with Crippen molar-refractivity contribution in [2.24, 2.45) is 0 Å². The van der Waals surface area contributed by atoms with Crippen LogP contribution in [0.1, 0.15) is 0 Å². The average molecular weight is 329 g/mol. The van der Waals surface area contributed by atoms with Crippen molar-refractivity contribution in [3.8, 4) is 0 Å². The predicted molar refractivity (Wildman–Crippen MR) is 74.3 cm³/mol. The molecule has 1 aliphatic rings. The van der Waals surface area contributed by atoms with Gasteiger partial charge in [0.25, 0.3) is 0 Å². The Kier molecular flexibility index (Phi) is 2.91. The Morgan fingerprint density at radius 1 is 0.571 bits per heavy atom. The highest BCUT2D eigenvalue weighted by Gasteiger charge is 2.22. The molecule has 0 radical (unpaired) electrons. The lowest BCUT2D eigenvalue weighted by molar-refractivity contribution is 1.41. The molecule has 0 nitrogen and oxygen atoms in total. The van der Waals surface area contributed by atoms with E-state index >= 15 is 0 Å². The first-order chi connectivity index (χ1) is 6.72. The molecule has 0 atom stereocenters. The third-order valence-electron chi connectivity index (χ3n) is 1.41. The summed E-state index contributed by atoms with van der Waals surface area (Å²) in [5.74, 6) is 0. The highest BCUT2D eigenvalue weighted by atomic mass is 32.2. The second-order valence-corrected chi connectivity index (χ2v) is 11.8.